The summed E-state index contributed by atoms with van der Waals surface area (Å²) in [7, 11) is 0. The molecule has 1 aromatic heterocycles. The number of benzene rings is 2. The first-order valence-corrected chi connectivity index (χ1v) is 7.54. The van der Waals surface area contributed by atoms with Crippen LogP contribution in [0.4, 0.5) is 5.69 Å². The average Bonchev–Trinajstić information content (AvgIpc) is 2.99. The van der Waals surface area contributed by atoms with Gasteiger partial charge in [0.25, 0.3) is 5.69 Å². The van der Waals surface area contributed by atoms with Crippen molar-refractivity contribution in [1.82, 2.24) is 5.32 Å². The molecular formula is C18H16N2O4. The third kappa shape index (κ3) is 3.27. The third-order valence-corrected chi connectivity index (χ3v) is 3.79. The molecule has 3 aromatic rings. The van der Waals surface area contributed by atoms with E-state index in [1.54, 1.807) is 18.2 Å². The van der Waals surface area contributed by atoms with Crippen LogP contribution in [-0.2, 0) is 11.2 Å². The molecule has 1 heterocycles. The van der Waals surface area contributed by atoms with Crippen LogP contribution in [0.1, 0.15) is 24.3 Å². The van der Waals surface area contributed by atoms with E-state index in [1.807, 2.05) is 37.3 Å². The zero-order valence-electron chi connectivity index (χ0n) is 13.1. The highest BCUT2D eigenvalue weighted by atomic mass is 16.6. The number of nitro groups is 1. The number of nitro benzene ring substituents is 1. The second kappa shape index (κ2) is 6.54. The molecule has 122 valence electrons. The molecule has 0 bridgehead atoms. The van der Waals surface area contributed by atoms with Crippen molar-refractivity contribution in [2.75, 3.05) is 0 Å². The maximum Gasteiger partial charge on any atom is 0.273 e. The first-order valence-electron chi connectivity index (χ1n) is 7.54. The maximum absolute atomic E-state index is 12.2. The largest absolute Gasteiger partial charge is 0.459 e. The molecule has 1 N–H and O–H groups in total. The van der Waals surface area contributed by atoms with Crippen molar-refractivity contribution in [3.05, 3.63) is 76.0 Å². The highest BCUT2D eigenvalue weighted by Crippen LogP contribution is 2.24. The number of amides is 1. The quantitative estimate of drug-likeness (QED) is 0.572. The lowest BCUT2D eigenvalue weighted by molar-refractivity contribution is -0.385. The summed E-state index contributed by atoms with van der Waals surface area (Å²) >= 11 is 0. The molecule has 3 rings (SSSR count). The molecule has 0 saturated heterocycles. The van der Waals surface area contributed by atoms with Crippen LogP contribution in [0.15, 0.2) is 59.0 Å². The Hall–Kier alpha value is -3.15. The van der Waals surface area contributed by atoms with Crippen LogP contribution in [0.2, 0.25) is 0 Å². The van der Waals surface area contributed by atoms with Gasteiger partial charge in [0.2, 0.25) is 5.91 Å². The highest BCUT2D eigenvalue weighted by molar-refractivity contribution is 5.81. The molecule has 0 radical (unpaired) electrons. The summed E-state index contributed by atoms with van der Waals surface area (Å²) in [6.45, 7) is 1.81. The number of furan rings is 1. The van der Waals surface area contributed by atoms with E-state index in [0.29, 0.717) is 11.3 Å². The number of nitrogens with zero attached hydrogens (tertiary/aromatic N) is 1. The van der Waals surface area contributed by atoms with Gasteiger partial charge >= 0.3 is 0 Å². The lowest BCUT2D eigenvalue weighted by Gasteiger charge is -2.11. The van der Waals surface area contributed by atoms with Gasteiger partial charge in [0.1, 0.15) is 11.3 Å². The highest BCUT2D eigenvalue weighted by Gasteiger charge is 2.18. The zero-order chi connectivity index (χ0) is 17.1. The minimum Gasteiger partial charge on any atom is -0.459 e. The number of carbonyl (C=O) groups is 1. The molecule has 0 saturated carbocycles. The van der Waals surface area contributed by atoms with Gasteiger partial charge in [-0.3, -0.25) is 14.9 Å². The number of nitrogens with one attached hydrogen (secondary N) is 1. The van der Waals surface area contributed by atoms with Gasteiger partial charge in [-0.1, -0.05) is 36.4 Å². The smallest absolute Gasteiger partial charge is 0.273 e. The molecule has 1 atom stereocenters. The normalized spacial score (nSPS) is 12.0. The summed E-state index contributed by atoms with van der Waals surface area (Å²) in [4.78, 5) is 22.7. The summed E-state index contributed by atoms with van der Waals surface area (Å²) in [5.74, 6) is 0.351. The van der Waals surface area contributed by atoms with Crippen LogP contribution >= 0.6 is 0 Å². The SMILES string of the molecule is C[C@@H](NC(=O)Cc1ccccc1[N+](=O)[O-])c1cc2ccccc2o1. The van der Waals surface area contributed by atoms with Crippen molar-refractivity contribution in [3.63, 3.8) is 0 Å². The molecule has 0 spiro atoms. The van der Waals surface area contributed by atoms with Crippen molar-refractivity contribution in [2.24, 2.45) is 0 Å². The van der Waals surface area contributed by atoms with Gasteiger partial charge in [-0.05, 0) is 19.1 Å². The van der Waals surface area contributed by atoms with Crippen molar-refractivity contribution in [2.45, 2.75) is 19.4 Å². The molecule has 0 unspecified atom stereocenters. The average molecular weight is 324 g/mol. The number of carbonyl (C=O) groups excluding carboxylic acids is 1. The predicted molar refractivity (Wildman–Crippen MR) is 89.6 cm³/mol. The maximum atomic E-state index is 12.2. The Morgan fingerprint density at radius 1 is 1.21 bits per heavy atom. The molecule has 24 heavy (non-hydrogen) atoms. The minimum absolute atomic E-state index is 0.0518. The third-order valence-electron chi connectivity index (χ3n) is 3.79. The van der Waals surface area contributed by atoms with E-state index >= 15 is 0 Å². The van der Waals surface area contributed by atoms with Gasteiger partial charge in [-0.15, -0.1) is 0 Å². The van der Waals surface area contributed by atoms with E-state index in [1.165, 1.54) is 6.07 Å². The minimum atomic E-state index is -0.481. The predicted octanol–water partition coefficient (Wildman–Crippen LogP) is 3.76. The van der Waals surface area contributed by atoms with Gasteiger partial charge in [-0.25, -0.2) is 0 Å². The lowest BCUT2D eigenvalue weighted by atomic mass is 10.1. The molecular weight excluding hydrogens is 308 g/mol. The van der Waals surface area contributed by atoms with E-state index in [4.69, 9.17) is 4.42 Å². The van der Waals surface area contributed by atoms with Crippen molar-refractivity contribution >= 4 is 22.6 Å². The van der Waals surface area contributed by atoms with Crippen LogP contribution < -0.4 is 5.32 Å². The summed E-state index contributed by atoms with van der Waals surface area (Å²) in [6.07, 6.45) is -0.0538. The van der Waals surface area contributed by atoms with Crippen LogP contribution in [-0.4, -0.2) is 10.8 Å². The summed E-state index contributed by atoms with van der Waals surface area (Å²) in [5.41, 5.74) is 1.09. The number of rotatable bonds is 5. The van der Waals surface area contributed by atoms with E-state index < -0.39 is 4.92 Å². The molecule has 6 heteroatoms. The number of hydrogen-bond donors (Lipinski definition) is 1. The standard InChI is InChI=1S/C18H16N2O4/c1-12(17-10-14-7-3-5-9-16(14)24-17)19-18(21)11-13-6-2-4-8-15(13)20(22)23/h2-10,12H,11H2,1H3,(H,19,21)/t12-/m1/s1. The van der Waals surface area contributed by atoms with Crippen LogP contribution in [0, 0.1) is 10.1 Å². The Morgan fingerprint density at radius 3 is 2.67 bits per heavy atom. The van der Waals surface area contributed by atoms with E-state index in [0.717, 1.165) is 11.0 Å². The van der Waals surface area contributed by atoms with Crippen molar-refractivity contribution in [3.8, 4) is 0 Å². The van der Waals surface area contributed by atoms with Crippen molar-refractivity contribution in [1.29, 1.82) is 0 Å². The molecule has 0 aliphatic heterocycles. The van der Waals surface area contributed by atoms with Gasteiger partial charge in [0, 0.05) is 17.0 Å². The zero-order valence-corrected chi connectivity index (χ0v) is 13.1. The second-order valence-corrected chi connectivity index (χ2v) is 5.54. The fourth-order valence-corrected chi connectivity index (χ4v) is 2.59. The molecule has 6 nitrogen and oxygen atoms in total. The fourth-order valence-electron chi connectivity index (χ4n) is 2.59. The molecule has 0 fully saturated rings. The van der Waals surface area contributed by atoms with E-state index in [-0.39, 0.29) is 24.1 Å². The van der Waals surface area contributed by atoms with Gasteiger partial charge in [0.15, 0.2) is 0 Å². The first kappa shape index (κ1) is 15.7. The molecule has 0 aliphatic carbocycles. The fraction of sp³-hybridized carbons (Fsp3) is 0.167. The van der Waals surface area contributed by atoms with Gasteiger partial charge < -0.3 is 9.73 Å². The monoisotopic (exact) mass is 324 g/mol. The Kier molecular flexibility index (Phi) is 4.29. The van der Waals surface area contributed by atoms with E-state index in [2.05, 4.69) is 5.32 Å². The Balaban J connectivity index is 1.71. The summed E-state index contributed by atoms with van der Waals surface area (Å²) in [6, 6.07) is 15.4. The molecule has 1 amide bonds. The van der Waals surface area contributed by atoms with Crippen molar-refractivity contribution < 1.29 is 14.1 Å². The topological polar surface area (TPSA) is 85.4 Å². The summed E-state index contributed by atoms with van der Waals surface area (Å²) in [5, 5.41) is 14.8. The second-order valence-electron chi connectivity index (χ2n) is 5.54. The van der Waals surface area contributed by atoms with Crippen LogP contribution in [0.5, 0.6) is 0 Å². The number of fused-ring (bicyclic) bond motifs is 1. The Bertz CT molecular complexity index is 868. The Labute approximate surface area is 138 Å². The lowest BCUT2D eigenvalue weighted by Crippen LogP contribution is -2.28. The number of para-hydroxylation sites is 2. The van der Waals surface area contributed by atoms with Crippen LogP contribution in [0.25, 0.3) is 11.0 Å². The summed E-state index contributed by atoms with van der Waals surface area (Å²) < 4.78 is 5.72. The van der Waals surface area contributed by atoms with Gasteiger partial charge in [-0.2, -0.15) is 0 Å². The number of hydrogen-bond acceptors (Lipinski definition) is 4. The van der Waals surface area contributed by atoms with Crippen LogP contribution in [0.3, 0.4) is 0 Å². The van der Waals surface area contributed by atoms with Gasteiger partial charge in [0.05, 0.1) is 17.4 Å². The first-order chi connectivity index (χ1) is 11.5. The molecule has 2 aromatic carbocycles. The Morgan fingerprint density at radius 2 is 1.92 bits per heavy atom. The van der Waals surface area contributed by atoms with E-state index in [9.17, 15) is 14.9 Å². The molecule has 0 aliphatic rings.